The number of imidazole rings is 1. The molecule has 3 aromatic heterocycles. The molecule has 0 aliphatic carbocycles. The average Bonchev–Trinajstić information content (AvgIpc) is 3.28. The van der Waals surface area contributed by atoms with E-state index in [1.54, 1.807) is 36.9 Å². The average molecular weight is 438 g/mol. The second-order valence-electron chi connectivity index (χ2n) is 7.38. The van der Waals surface area contributed by atoms with Crippen LogP contribution in [0, 0.1) is 10.1 Å². The Labute approximate surface area is 188 Å². The highest BCUT2D eigenvalue weighted by Crippen LogP contribution is 2.25. The van der Waals surface area contributed by atoms with Crippen molar-refractivity contribution in [1.29, 1.82) is 0 Å². The van der Waals surface area contributed by atoms with Gasteiger partial charge in [-0.1, -0.05) is 18.2 Å². The second kappa shape index (κ2) is 8.42. The smallest absolute Gasteiger partial charge is 0.269 e. The number of nitrogens with zero attached hydrogens (tertiary/aromatic N) is 7. The monoisotopic (exact) mass is 438 g/mol. The van der Waals surface area contributed by atoms with E-state index in [9.17, 15) is 10.1 Å². The maximum atomic E-state index is 11.1. The Balaban J connectivity index is 1.42. The number of nitro benzene ring substituents is 1. The molecule has 1 atom stereocenters. The first kappa shape index (κ1) is 20.2. The number of nitro groups is 1. The van der Waals surface area contributed by atoms with Gasteiger partial charge in [0.05, 0.1) is 27.7 Å². The van der Waals surface area contributed by atoms with Gasteiger partial charge in [-0.2, -0.15) is 15.2 Å². The zero-order valence-electron chi connectivity index (χ0n) is 17.5. The van der Waals surface area contributed by atoms with Crippen LogP contribution in [0.3, 0.4) is 0 Å². The van der Waals surface area contributed by atoms with Gasteiger partial charge in [-0.25, -0.2) is 9.97 Å². The van der Waals surface area contributed by atoms with Gasteiger partial charge >= 0.3 is 0 Å². The molecule has 0 spiro atoms. The van der Waals surface area contributed by atoms with Crippen molar-refractivity contribution in [2.45, 2.75) is 13.0 Å². The Morgan fingerprint density at radius 1 is 1.03 bits per heavy atom. The molecule has 5 aromatic rings. The van der Waals surface area contributed by atoms with Crippen LogP contribution in [-0.4, -0.2) is 34.6 Å². The fourth-order valence-corrected chi connectivity index (χ4v) is 3.55. The van der Waals surface area contributed by atoms with Crippen molar-refractivity contribution in [2.24, 2.45) is 0 Å². The van der Waals surface area contributed by atoms with Crippen LogP contribution in [0.15, 0.2) is 79.4 Å². The van der Waals surface area contributed by atoms with Gasteiger partial charge in [0, 0.05) is 30.1 Å². The summed E-state index contributed by atoms with van der Waals surface area (Å²) in [6.45, 7) is 1.90. The first-order chi connectivity index (χ1) is 16.1. The van der Waals surface area contributed by atoms with Gasteiger partial charge in [0.2, 0.25) is 5.95 Å². The van der Waals surface area contributed by atoms with Crippen LogP contribution in [0.25, 0.3) is 28.1 Å². The first-order valence-corrected chi connectivity index (χ1v) is 10.2. The first-order valence-electron chi connectivity index (χ1n) is 10.2. The molecule has 10 nitrogen and oxygen atoms in total. The Kier molecular flexibility index (Phi) is 5.15. The Bertz CT molecular complexity index is 1450. The molecule has 0 fully saturated rings. The van der Waals surface area contributed by atoms with E-state index in [2.05, 4.69) is 30.5 Å². The highest BCUT2D eigenvalue weighted by Gasteiger charge is 2.13. The molecule has 0 amide bonds. The van der Waals surface area contributed by atoms with Gasteiger partial charge < -0.3 is 5.32 Å². The van der Waals surface area contributed by atoms with E-state index < -0.39 is 4.92 Å². The number of benzene rings is 2. The molecule has 5 rings (SSSR count). The van der Waals surface area contributed by atoms with Gasteiger partial charge in [0.25, 0.3) is 5.69 Å². The van der Waals surface area contributed by atoms with E-state index >= 15 is 0 Å². The van der Waals surface area contributed by atoms with Gasteiger partial charge in [0.15, 0.2) is 0 Å². The minimum Gasteiger partial charge on any atom is -0.348 e. The number of rotatable bonds is 6. The summed E-state index contributed by atoms with van der Waals surface area (Å²) in [5, 5.41) is 22.4. The maximum Gasteiger partial charge on any atom is 0.269 e. The van der Waals surface area contributed by atoms with Crippen LogP contribution in [0.2, 0.25) is 0 Å². The summed E-state index contributed by atoms with van der Waals surface area (Å²) < 4.78 is 1.88. The van der Waals surface area contributed by atoms with Crippen molar-refractivity contribution < 1.29 is 4.92 Å². The number of non-ortho nitro benzene ring substituents is 1. The van der Waals surface area contributed by atoms with Gasteiger partial charge in [-0.05, 0) is 42.8 Å². The van der Waals surface area contributed by atoms with Crippen LogP contribution >= 0.6 is 0 Å². The lowest BCUT2D eigenvalue weighted by Crippen LogP contribution is -2.11. The molecule has 0 saturated heterocycles. The normalized spacial score (nSPS) is 11.9. The maximum absolute atomic E-state index is 11.1. The lowest BCUT2D eigenvalue weighted by Gasteiger charge is -2.14. The molecule has 0 radical (unpaired) electrons. The molecule has 1 N–H and O–H groups in total. The van der Waals surface area contributed by atoms with Crippen molar-refractivity contribution in [2.75, 3.05) is 5.32 Å². The zero-order valence-corrected chi connectivity index (χ0v) is 17.5. The van der Waals surface area contributed by atoms with Gasteiger partial charge in [-0.3, -0.25) is 14.7 Å². The highest BCUT2D eigenvalue weighted by molar-refractivity contribution is 5.82. The molecule has 3 heterocycles. The van der Waals surface area contributed by atoms with E-state index in [0.717, 1.165) is 27.9 Å². The SMILES string of the molecule is C[C@H](Nc1nccc(-n2cnc3cc(-c4cccnn4)ccc32)n1)c1cccc([N+](=O)[O-])c1. The molecule has 0 bridgehead atoms. The third-order valence-electron chi connectivity index (χ3n) is 5.23. The Hall–Kier alpha value is -4.73. The van der Waals surface area contributed by atoms with Crippen LogP contribution in [0.4, 0.5) is 11.6 Å². The zero-order chi connectivity index (χ0) is 22.8. The Morgan fingerprint density at radius 2 is 1.94 bits per heavy atom. The molecular weight excluding hydrogens is 420 g/mol. The van der Waals surface area contributed by atoms with Crippen molar-refractivity contribution in [3.63, 3.8) is 0 Å². The predicted molar refractivity (Wildman–Crippen MR) is 123 cm³/mol. The number of hydrogen-bond donors (Lipinski definition) is 1. The van der Waals surface area contributed by atoms with Gasteiger partial charge in [-0.15, -0.1) is 0 Å². The summed E-state index contributed by atoms with van der Waals surface area (Å²) >= 11 is 0. The van der Waals surface area contributed by atoms with Crippen molar-refractivity contribution in [1.82, 2.24) is 29.7 Å². The molecule has 10 heteroatoms. The quantitative estimate of drug-likeness (QED) is 0.306. The molecule has 0 saturated carbocycles. The predicted octanol–water partition coefficient (Wildman–Crippen LogP) is 4.35. The number of nitrogens with one attached hydrogen (secondary N) is 1. The third-order valence-corrected chi connectivity index (χ3v) is 5.23. The van der Waals surface area contributed by atoms with E-state index in [4.69, 9.17) is 0 Å². The minimum absolute atomic E-state index is 0.0431. The van der Waals surface area contributed by atoms with Crippen LogP contribution in [-0.2, 0) is 0 Å². The largest absolute Gasteiger partial charge is 0.348 e. The topological polar surface area (TPSA) is 125 Å². The second-order valence-corrected chi connectivity index (χ2v) is 7.38. The summed E-state index contributed by atoms with van der Waals surface area (Å²) in [4.78, 5) is 24.1. The molecule has 0 aliphatic rings. The van der Waals surface area contributed by atoms with E-state index in [-0.39, 0.29) is 11.7 Å². The summed E-state index contributed by atoms with van der Waals surface area (Å²) in [7, 11) is 0. The van der Waals surface area contributed by atoms with Crippen molar-refractivity contribution in [3.05, 3.63) is 95.1 Å². The van der Waals surface area contributed by atoms with Crippen molar-refractivity contribution in [3.8, 4) is 17.1 Å². The number of anilines is 1. The van der Waals surface area contributed by atoms with Crippen LogP contribution in [0.1, 0.15) is 18.5 Å². The van der Waals surface area contributed by atoms with Crippen LogP contribution in [0.5, 0.6) is 0 Å². The standard InChI is InChI=1S/C23H18N8O2/c1-15(16-4-2-5-18(12-16)31(32)33)27-23-24-11-9-22(28-23)30-14-25-20-13-17(7-8-21(20)30)19-6-3-10-26-29-19/h2-15H,1H3,(H,24,27,28)/t15-/m0/s1. The summed E-state index contributed by atoms with van der Waals surface area (Å²) in [5.41, 5.74) is 4.20. The molecule has 0 unspecified atom stereocenters. The summed E-state index contributed by atoms with van der Waals surface area (Å²) in [6, 6.07) is 17.7. The fourth-order valence-electron chi connectivity index (χ4n) is 3.55. The molecule has 162 valence electrons. The van der Waals surface area contributed by atoms with Gasteiger partial charge in [0.1, 0.15) is 12.1 Å². The lowest BCUT2D eigenvalue weighted by molar-refractivity contribution is -0.384. The lowest BCUT2D eigenvalue weighted by atomic mass is 10.1. The number of aromatic nitrogens is 6. The fraction of sp³-hybridized carbons (Fsp3) is 0.0870. The third kappa shape index (κ3) is 4.09. The molecule has 2 aromatic carbocycles. The summed E-state index contributed by atoms with van der Waals surface area (Å²) in [6.07, 6.45) is 5.00. The summed E-state index contributed by atoms with van der Waals surface area (Å²) in [5.74, 6) is 1.05. The molecular formula is C23H18N8O2. The highest BCUT2D eigenvalue weighted by atomic mass is 16.6. The Morgan fingerprint density at radius 3 is 2.76 bits per heavy atom. The van der Waals surface area contributed by atoms with E-state index in [0.29, 0.717) is 11.8 Å². The van der Waals surface area contributed by atoms with Crippen LogP contribution < -0.4 is 5.32 Å². The van der Waals surface area contributed by atoms with E-state index in [1.807, 2.05) is 47.9 Å². The number of fused-ring (bicyclic) bond motifs is 1. The number of hydrogen-bond acceptors (Lipinski definition) is 8. The molecule has 33 heavy (non-hydrogen) atoms. The minimum atomic E-state index is -0.409. The van der Waals surface area contributed by atoms with E-state index in [1.165, 1.54) is 6.07 Å². The molecule has 0 aliphatic heterocycles. The van der Waals surface area contributed by atoms with Crippen molar-refractivity contribution >= 4 is 22.7 Å².